The highest BCUT2D eigenvalue weighted by molar-refractivity contribution is 5.31. The number of unbranched alkanes of at least 4 members (excludes halogenated alkanes) is 1. The van der Waals surface area contributed by atoms with Crippen molar-refractivity contribution in [3.05, 3.63) is 29.8 Å². The Labute approximate surface area is 130 Å². The predicted octanol–water partition coefficient (Wildman–Crippen LogP) is 3.99. The molecule has 1 atom stereocenters. The maximum atomic E-state index is 6.07. The van der Waals surface area contributed by atoms with Crippen LogP contribution in [0.3, 0.4) is 0 Å². The van der Waals surface area contributed by atoms with Gasteiger partial charge in [-0.3, -0.25) is 4.90 Å². The molecule has 0 radical (unpaired) electrons. The maximum absolute atomic E-state index is 6.07. The molecule has 0 saturated heterocycles. The molecular weight excluding hydrogens is 260 g/mol. The van der Waals surface area contributed by atoms with Gasteiger partial charge < -0.3 is 10.5 Å². The summed E-state index contributed by atoms with van der Waals surface area (Å²) in [4.78, 5) is 2.44. The molecule has 120 valence electrons. The first-order valence-corrected chi connectivity index (χ1v) is 8.13. The third-order valence-corrected chi connectivity index (χ3v) is 3.81. The van der Waals surface area contributed by atoms with Gasteiger partial charge >= 0.3 is 0 Å². The molecule has 0 fully saturated rings. The Balaban J connectivity index is 2.92. The first-order valence-electron chi connectivity index (χ1n) is 8.13. The standard InChI is InChI=1S/C18H32N2O/c1-6-8-12-21-16-11-9-10-15(13-16)17(14-19)20(7-2)18(3,4)5/h9-11,13,17H,6-8,12,14,19H2,1-5H3. The Morgan fingerprint density at radius 2 is 1.95 bits per heavy atom. The van der Waals surface area contributed by atoms with Crippen LogP contribution < -0.4 is 10.5 Å². The lowest BCUT2D eigenvalue weighted by Gasteiger charge is -2.41. The van der Waals surface area contributed by atoms with Gasteiger partial charge in [0, 0.05) is 18.1 Å². The van der Waals surface area contributed by atoms with Crippen molar-refractivity contribution in [1.82, 2.24) is 4.90 Å². The summed E-state index contributed by atoms with van der Waals surface area (Å²) < 4.78 is 5.82. The van der Waals surface area contributed by atoms with E-state index in [1.54, 1.807) is 0 Å². The van der Waals surface area contributed by atoms with E-state index < -0.39 is 0 Å². The zero-order valence-corrected chi connectivity index (χ0v) is 14.4. The van der Waals surface area contributed by atoms with Crippen molar-refractivity contribution >= 4 is 0 Å². The fraction of sp³-hybridized carbons (Fsp3) is 0.667. The number of ether oxygens (including phenoxy) is 1. The first kappa shape index (κ1) is 18.0. The lowest BCUT2D eigenvalue weighted by Crippen LogP contribution is -2.46. The highest BCUT2D eigenvalue weighted by Gasteiger charge is 2.27. The second-order valence-electron chi connectivity index (χ2n) is 6.48. The van der Waals surface area contributed by atoms with Gasteiger partial charge in [-0.15, -0.1) is 0 Å². The number of nitrogens with zero attached hydrogens (tertiary/aromatic N) is 1. The van der Waals surface area contributed by atoms with Gasteiger partial charge in [0.05, 0.1) is 6.61 Å². The van der Waals surface area contributed by atoms with Crippen LogP contribution in [0.15, 0.2) is 24.3 Å². The van der Waals surface area contributed by atoms with Crippen LogP contribution in [0.25, 0.3) is 0 Å². The number of hydrogen-bond donors (Lipinski definition) is 1. The molecule has 3 nitrogen and oxygen atoms in total. The number of nitrogens with two attached hydrogens (primary N) is 1. The van der Waals surface area contributed by atoms with Crippen molar-refractivity contribution in [2.75, 3.05) is 19.7 Å². The van der Waals surface area contributed by atoms with E-state index in [4.69, 9.17) is 10.5 Å². The van der Waals surface area contributed by atoms with E-state index in [9.17, 15) is 0 Å². The van der Waals surface area contributed by atoms with E-state index in [1.807, 2.05) is 6.07 Å². The summed E-state index contributed by atoms with van der Waals surface area (Å²) in [5.74, 6) is 0.948. The summed E-state index contributed by atoms with van der Waals surface area (Å²) in [6.07, 6.45) is 2.24. The number of rotatable bonds is 8. The van der Waals surface area contributed by atoms with Crippen molar-refractivity contribution in [1.29, 1.82) is 0 Å². The predicted molar refractivity (Wildman–Crippen MR) is 90.8 cm³/mol. The second-order valence-corrected chi connectivity index (χ2v) is 6.48. The number of likely N-dealkylation sites (N-methyl/N-ethyl adjacent to an activating group) is 1. The van der Waals surface area contributed by atoms with Crippen LogP contribution in [0.1, 0.15) is 59.1 Å². The Bertz CT molecular complexity index is 412. The van der Waals surface area contributed by atoms with Crippen molar-refractivity contribution in [3.8, 4) is 5.75 Å². The lowest BCUT2D eigenvalue weighted by molar-refractivity contribution is 0.0918. The van der Waals surface area contributed by atoms with Crippen molar-refractivity contribution in [2.24, 2.45) is 5.73 Å². The molecule has 21 heavy (non-hydrogen) atoms. The zero-order chi connectivity index (χ0) is 15.9. The van der Waals surface area contributed by atoms with E-state index in [2.05, 4.69) is 57.7 Å². The van der Waals surface area contributed by atoms with Crippen LogP contribution in [0.4, 0.5) is 0 Å². The summed E-state index contributed by atoms with van der Waals surface area (Å²) in [6.45, 7) is 13.4. The first-order chi connectivity index (χ1) is 9.93. The Morgan fingerprint density at radius 1 is 1.24 bits per heavy atom. The summed E-state index contributed by atoms with van der Waals surface area (Å²) in [6, 6.07) is 8.61. The highest BCUT2D eigenvalue weighted by Crippen LogP contribution is 2.29. The Kier molecular flexibility index (Phi) is 7.20. The van der Waals surface area contributed by atoms with Crippen LogP contribution in [0.5, 0.6) is 5.75 Å². The largest absolute Gasteiger partial charge is 0.494 e. The molecule has 0 saturated carbocycles. The molecule has 0 aliphatic carbocycles. The quantitative estimate of drug-likeness (QED) is 0.736. The monoisotopic (exact) mass is 292 g/mol. The zero-order valence-electron chi connectivity index (χ0n) is 14.4. The lowest BCUT2D eigenvalue weighted by atomic mass is 9.97. The summed E-state index contributed by atoms with van der Waals surface area (Å²) in [5, 5.41) is 0. The van der Waals surface area contributed by atoms with Gasteiger partial charge in [0.2, 0.25) is 0 Å². The molecule has 1 unspecified atom stereocenters. The van der Waals surface area contributed by atoms with Gasteiger partial charge in [0.1, 0.15) is 5.75 Å². The Hall–Kier alpha value is -1.06. The van der Waals surface area contributed by atoms with E-state index in [0.29, 0.717) is 6.54 Å². The topological polar surface area (TPSA) is 38.5 Å². The van der Waals surface area contributed by atoms with Crippen molar-refractivity contribution in [2.45, 2.75) is 59.0 Å². The molecular formula is C18H32N2O. The fourth-order valence-corrected chi connectivity index (χ4v) is 2.75. The molecule has 2 N–H and O–H groups in total. The molecule has 0 spiro atoms. The van der Waals surface area contributed by atoms with Crippen LogP contribution >= 0.6 is 0 Å². The van der Waals surface area contributed by atoms with E-state index in [0.717, 1.165) is 31.7 Å². The summed E-state index contributed by atoms with van der Waals surface area (Å²) in [5.41, 5.74) is 7.40. The third kappa shape index (κ3) is 5.33. The molecule has 0 heterocycles. The smallest absolute Gasteiger partial charge is 0.119 e. The average Bonchev–Trinajstić information content (AvgIpc) is 2.43. The van der Waals surface area contributed by atoms with Gasteiger partial charge in [-0.2, -0.15) is 0 Å². The summed E-state index contributed by atoms with van der Waals surface area (Å²) in [7, 11) is 0. The Morgan fingerprint density at radius 3 is 2.48 bits per heavy atom. The minimum absolute atomic E-state index is 0.0951. The third-order valence-electron chi connectivity index (χ3n) is 3.81. The van der Waals surface area contributed by atoms with Crippen LogP contribution in [0, 0.1) is 0 Å². The van der Waals surface area contributed by atoms with Crippen LogP contribution in [-0.2, 0) is 0 Å². The number of benzene rings is 1. The maximum Gasteiger partial charge on any atom is 0.119 e. The summed E-state index contributed by atoms with van der Waals surface area (Å²) >= 11 is 0. The molecule has 3 heteroatoms. The molecule has 0 bridgehead atoms. The molecule has 1 aromatic rings. The van der Waals surface area contributed by atoms with Gasteiger partial charge in [0.15, 0.2) is 0 Å². The SMILES string of the molecule is CCCCOc1cccc(C(CN)N(CC)C(C)(C)C)c1. The highest BCUT2D eigenvalue weighted by atomic mass is 16.5. The molecule has 0 aliphatic rings. The molecule has 0 amide bonds. The van der Waals surface area contributed by atoms with Gasteiger partial charge in [-0.25, -0.2) is 0 Å². The minimum atomic E-state index is 0.0951. The van der Waals surface area contributed by atoms with Crippen LogP contribution in [-0.4, -0.2) is 30.1 Å². The molecule has 0 aliphatic heterocycles. The van der Waals surface area contributed by atoms with Gasteiger partial charge in [0.25, 0.3) is 0 Å². The van der Waals surface area contributed by atoms with E-state index in [1.165, 1.54) is 5.56 Å². The van der Waals surface area contributed by atoms with E-state index in [-0.39, 0.29) is 11.6 Å². The average molecular weight is 292 g/mol. The van der Waals surface area contributed by atoms with Gasteiger partial charge in [-0.05, 0) is 51.4 Å². The van der Waals surface area contributed by atoms with E-state index >= 15 is 0 Å². The fourth-order valence-electron chi connectivity index (χ4n) is 2.75. The number of hydrogen-bond acceptors (Lipinski definition) is 3. The molecule has 0 aromatic heterocycles. The normalized spacial score (nSPS) is 13.5. The minimum Gasteiger partial charge on any atom is -0.494 e. The van der Waals surface area contributed by atoms with Crippen molar-refractivity contribution in [3.63, 3.8) is 0 Å². The van der Waals surface area contributed by atoms with Gasteiger partial charge in [-0.1, -0.05) is 32.4 Å². The van der Waals surface area contributed by atoms with Crippen LogP contribution in [0.2, 0.25) is 0 Å². The molecule has 1 aromatic carbocycles. The van der Waals surface area contributed by atoms with Crippen molar-refractivity contribution < 1.29 is 4.74 Å². The second kappa shape index (κ2) is 8.40. The molecule has 1 rings (SSSR count).